The minimum absolute atomic E-state index is 0.0946. The van der Waals surface area contributed by atoms with Crippen molar-refractivity contribution in [3.8, 4) is 17.4 Å². The van der Waals surface area contributed by atoms with Crippen LogP contribution in [0, 0.1) is 0 Å². The Morgan fingerprint density at radius 1 is 1.18 bits per heavy atom. The van der Waals surface area contributed by atoms with Crippen molar-refractivity contribution in [3.63, 3.8) is 0 Å². The molecule has 0 unspecified atom stereocenters. The molecule has 1 aliphatic heterocycles. The maximum absolute atomic E-state index is 12.4. The van der Waals surface area contributed by atoms with E-state index in [9.17, 15) is 4.79 Å². The van der Waals surface area contributed by atoms with Gasteiger partial charge in [-0.25, -0.2) is 4.98 Å². The second kappa shape index (κ2) is 8.69. The molecule has 2 heterocycles. The van der Waals surface area contributed by atoms with E-state index < -0.39 is 0 Å². The van der Waals surface area contributed by atoms with E-state index in [2.05, 4.69) is 10.3 Å². The van der Waals surface area contributed by atoms with E-state index in [1.165, 1.54) is 12.8 Å². The lowest BCUT2D eigenvalue weighted by Gasteiger charge is -2.20. The fraction of sp³-hybridized carbons (Fsp3) is 0.429. The first-order chi connectivity index (χ1) is 13.7. The summed E-state index contributed by atoms with van der Waals surface area (Å²) in [6, 6.07) is 7.32. The fourth-order valence-corrected chi connectivity index (χ4v) is 3.80. The van der Waals surface area contributed by atoms with Gasteiger partial charge in [-0.2, -0.15) is 0 Å². The van der Waals surface area contributed by atoms with Gasteiger partial charge in [0.05, 0.1) is 11.4 Å². The van der Waals surface area contributed by atoms with Crippen LogP contribution in [0.15, 0.2) is 30.5 Å². The largest absolute Gasteiger partial charge is 0.486 e. The maximum atomic E-state index is 12.4. The Balaban J connectivity index is 1.33. The number of nitrogens with zero attached hydrogens (tertiary/aromatic N) is 1. The summed E-state index contributed by atoms with van der Waals surface area (Å²) in [7, 11) is 0. The molecule has 1 amide bonds. The highest BCUT2D eigenvalue weighted by Gasteiger charge is 2.18. The molecule has 1 N–H and O–H groups in total. The lowest BCUT2D eigenvalue weighted by molar-refractivity contribution is -0.120. The zero-order chi connectivity index (χ0) is 19.3. The normalized spacial score (nSPS) is 16.0. The molecule has 0 radical (unpaired) electrons. The van der Waals surface area contributed by atoms with Gasteiger partial charge in [-0.05, 0) is 55.0 Å². The van der Waals surface area contributed by atoms with Crippen LogP contribution in [-0.2, 0) is 17.8 Å². The van der Waals surface area contributed by atoms with Gasteiger partial charge >= 0.3 is 0 Å². The number of hydrogen-bond acceptors (Lipinski definition) is 5. The van der Waals surface area contributed by atoms with E-state index in [0.29, 0.717) is 42.2 Å². The number of halogens is 1. The summed E-state index contributed by atoms with van der Waals surface area (Å²) in [5.74, 6) is 1.66. The first kappa shape index (κ1) is 18.9. The Morgan fingerprint density at radius 2 is 2.00 bits per heavy atom. The van der Waals surface area contributed by atoms with Crippen molar-refractivity contribution < 1.29 is 19.0 Å². The molecule has 2 aliphatic rings. The standard InChI is InChI=1S/C21H23ClN2O4/c22-17-9-15(10-18-21(17)27-8-7-26-18)11-19(25)24-13-14-5-6-23-20(12-14)28-16-3-1-2-4-16/h5-6,9-10,12,16H,1-4,7-8,11,13H2,(H,24,25). The number of aromatic nitrogens is 1. The maximum Gasteiger partial charge on any atom is 0.224 e. The van der Waals surface area contributed by atoms with Crippen molar-refractivity contribution in [2.24, 2.45) is 0 Å². The van der Waals surface area contributed by atoms with Crippen molar-refractivity contribution in [3.05, 3.63) is 46.6 Å². The van der Waals surface area contributed by atoms with E-state index in [4.69, 9.17) is 25.8 Å². The molecule has 1 aromatic heterocycles. The van der Waals surface area contributed by atoms with Crippen molar-refractivity contribution in [2.75, 3.05) is 13.2 Å². The number of carbonyl (C=O) groups excluding carboxylic acids is 1. The lowest BCUT2D eigenvalue weighted by Crippen LogP contribution is -2.25. The lowest BCUT2D eigenvalue weighted by atomic mass is 10.1. The first-order valence-electron chi connectivity index (χ1n) is 9.64. The Morgan fingerprint density at radius 3 is 2.86 bits per heavy atom. The van der Waals surface area contributed by atoms with Gasteiger partial charge in [-0.15, -0.1) is 0 Å². The fourth-order valence-electron chi connectivity index (χ4n) is 3.52. The summed E-state index contributed by atoms with van der Waals surface area (Å²) < 4.78 is 17.0. The summed E-state index contributed by atoms with van der Waals surface area (Å²) in [6.07, 6.45) is 6.78. The molecule has 7 heteroatoms. The number of nitrogens with one attached hydrogen (secondary N) is 1. The van der Waals surface area contributed by atoms with Gasteiger partial charge in [0, 0.05) is 18.8 Å². The molecule has 6 nitrogen and oxygen atoms in total. The summed E-state index contributed by atoms with van der Waals surface area (Å²) in [6.45, 7) is 1.37. The van der Waals surface area contributed by atoms with Gasteiger partial charge in [0.25, 0.3) is 0 Å². The van der Waals surface area contributed by atoms with Crippen LogP contribution in [0.2, 0.25) is 5.02 Å². The van der Waals surface area contributed by atoms with E-state index in [-0.39, 0.29) is 18.4 Å². The monoisotopic (exact) mass is 402 g/mol. The van der Waals surface area contributed by atoms with Gasteiger partial charge < -0.3 is 19.5 Å². The summed E-state index contributed by atoms with van der Waals surface area (Å²) in [5, 5.41) is 3.39. The van der Waals surface area contributed by atoms with Crippen molar-refractivity contribution in [2.45, 2.75) is 44.8 Å². The van der Waals surface area contributed by atoms with Gasteiger partial charge in [0.2, 0.25) is 11.8 Å². The zero-order valence-corrected chi connectivity index (χ0v) is 16.3. The predicted molar refractivity (Wildman–Crippen MR) is 105 cm³/mol. The molecule has 2 aromatic rings. The SMILES string of the molecule is O=C(Cc1cc(Cl)c2c(c1)OCCO2)NCc1ccnc(OC2CCCC2)c1. The smallest absolute Gasteiger partial charge is 0.224 e. The van der Waals surface area contributed by atoms with Gasteiger partial charge in [0.15, 0.2) is 11.5 Å². The Bertz CT molecular complexity index is 852. The van der Waals surface area contributed by atoms with Crippen molar-refractivity contribution in [1.82, 2.24) is 10.3 Å². The summed E-state index contributed by atoms with van der Waals surface area (Å²) in [5.41, 5.74) is 1.74. The van der Waals surface area contributed by atoms with Crippen LogP contribution in [-0.4, -0.2) is 30.2 Å². The van der Waals surface area contributed by atoms with Crippen molar-refractivity contribution >= 4 is 17.5 Å². The highest BCUT2D eigenvalue weighted by Crippen LogP contribution is 2.38. The molecule has 148 valence electrons. The van der Waals surface area contributed by atoms with Gasteiger partial charge in [-0.3, -0.25) is 4.79 Å². The third kappa shape index (κ3) is 4.68. The number of carbonyl (C=O) groups is 1. The van der Waals surface area contributed by atoms with Crippen LogP contribution in [0.3, 0.4) is 0 Å². The average molecular weight is 403 g/mol. The third-order valence-corrected chi connectivity index (χ3v) is 5.18. The molecule has 0 spiro atoms. The second-order valence-electron chi connectivity index (χ2n) is 7.08. The topological polar surface area (TPSA) is 69.7 Å². The second-order valence-corrected chi connectivity index (χ2v) is 7.49. The number of ether oxygens (including phenoxy) is 3. The number of fused-ring (bicyclic) bond motifs is 1. The van der Waals surface area contributed by atoms with Crippen LogP contribution >= 0.6 is 11.6 Å². The van der Waals surface area contributed by atoms with Crippen LogP contribution in [0.25, 0.3) is 0 Å². The minimum atomic E-state index is -0.0946. The summed E-state index contributed by atoms with van der Waals surface area (Å²) in [4.78, 5) is 16.6. The molecular weight excluding hydrogens is 380 g/mol. The van der Waals surface area contributed by atoms with Crippen LogP contribution in [0.4, 0.5) is 0 Å². The molecule has 28 heavy (non-hydrogen) atoms. The number of hydrogen-bond donors (Lipinski definition) is 1. The third-order valence-electron chi connectivity index (χ3n) is 4.90. The molecule has 0 bridgehead atoms. The quantitative estimate of drug-likeness (QED) is 0.798. The zero-order valence-electron chi connectivity index (χ0n) is 15.6. The molecule has 4 rings (SSSR count). The van der Waals surface area contributed by atoms with Gasteiger partial charge in [-0.1, -0.05) is 11.6 Å². The molecule has 1 aliphatic carbocycles. The van der Waals surface area contributed by atoms with E-state index in [1.54, 1.807) is 18.3 Å². The number of rotatable bonds is 6. The Hall–Kier alpha value is -2.47. The van der Waals surface area contributed by atoms with Crippen LogP contribution < -0.4 is 19.5 Å². The number of amides is 1. The Labute approximate surface area is 169 Å². The number of benzene rings is 1. The van der Waals surface area contributed by atoms with Crippen LogP contribution in [0.1, 0.15) is 36.8 Å². The predicted octanol–water partition coefficient (Wildman–Crippen LogP) is 3.69. The Kier molecular flexibility index (Phi) is 5.86. The molecule has 0 saturated heterocycles. The van der Waals surface area contributed by atoms with E-state index in [1.807, 2.05) is 12.1 Å². The number of pyridine rings is 1. The highest BCUT2D eigenvalue weighted by molar-refractivity contribution is 6.32. The molecule has 0 atom stereocenters. The molecule has 1 aromatic carbocycles. The first-order valence-corrected chi connectivity index (χ1v) is 10.0. The van der Waals surface area contributed by atoms with E-state index >= 15 is 0 Å². The van der Waals surface area contributed by atoms with E-state index in [0.717, 1.165) is 24.0 Å². The average Bonchev–Trinajstić information content (AvgIpc) is 3.20. The summed E-state index contributed by atoms with van der Waals surface area (Å²) >= 11 is 6.23. The molecular formula is C21H23ClN2O4. The van der Waals surface area contributed by atoms with Gasteiger partial charge in [0.1, 0.15) is 19.3 Å². The molecule has 1 saturated carbocycles. The highest BCUT2D eigenvalue weighted by atomic mass is 35.5. The molecule has 1 fully saturated rings. The van der Waals surface area contributed by atoms with Crippen molar-refractivity contribution in [1.29, 1.82) is 0 Å². The van der Waals surface area contributed by atoms with Crippen LogP contribution in [0.5, 0.6) is 17.4 Å². The minimum Gasteiger partial charge on any atom is -0.486 e.